The lowest BCUT2D eigenvalue weighted by Crippen LogP contribution is -2.52. The van der Waals surface area contributed by atoms with Gasteiger partial charge in [0.2, 0.25) is 0 Å². The molecule has 0 radical (unpaired) electrons. The molecule has 24 heavy (non-hydrogen) atoms. The number of carbonyl (C=O) groups is 2. The monoisotopic (exact) mass is 340 g/mol. The Kier molecular flexibility index (Phi) is 7.67. The summed E-state index contributed by atoms with van der Waals surface area (Å²) in [6.07, 6.45) is 1.94. The normalized spacial score (nSPS) is 37.1. The lowest BCUT2D eigenvalue weighted by Gasteiger charge is -2.46. The molecule has 0 heterocycles. The van der Waals surface area contributed by atoms with Gasteiger partial charge in [-0.25, -0.2) is 0 Å². The maximum absolute atomic E-state index is 11.7. The quantitative estimate of drug-likeness (QED) is 0.669. The van der Waals surface area contributed by atoms with Crippen LogP contribution in [0.25, 0.3) is 0 Å². The molecule has 0 bridgehead atoms. The first-order chi connectivity index (χ1) is 11.1. The number of rotatable bonds is 6. The Hall–Kier alpha value is -1.14. The fourth-order valence-electron chi connectivity index (χ4n) is 4.36. The average molecular weight is 340 g/mol. The Bertz CT molecular complexity index is 443. The number of aliphatic carboxylic acids is 2. The third-order valence-electron chi connectivity index (χ3n) is 6.34. The van der Waals surface area contributed by atoms with Gasteiger partial charge in [-0.15, -0.1) is 0 Å². The molecule has 4 N–H and O–H groups in total. The second kappa shape index (κ2) is 8.81. The van der Waals surface area contributed by atoms with E-state index in [1.54, 1.807) is 0 Å². The Balaban J connectivity index is 3.31. The van der Waals surface area contributed by atoms with Crippen molar-refractivity contribution in [3.63, 3.8) is 0 Å². The summed E-state index contributed by atoms with van der Waals surface area (Å²) in [6, 6.07) is -0.537. The SMILES string of the molecule is CCC(N)C1CC(C(=O)[O-])C(C)C(C)C(N)CC1C(CC)C(=O)[O-]. The fraction of sp³-hybridized carbons (Fsp3) is 0.889. The third-order valence-corrected chi connectivity index (χ3v) is 6.34. The lowest BCUT2D eigenvalue weighted by atomic mass is 9.63. The second-order valence-corrected chi connectivity index (χ2v) is 7.51. The number of nitrogens with two attached hydrogens (primary N) is 2. The molecular formula is C18H32N2O4-2. The van der Waals surface area contributed by atoms with Crippen LogP contribution in [-0.4, -0.2) is 24.0 Å². The largest absolute Gasteiger partial charge is 0.550 e. The first-order valence-electron chi connectivity index (χ1n) is 9.08. The van der Waals surface area contributed by atoms with E-state index >= 15 is 0 Å². The molecule has 1 fully saturated rings. The van der Waals surface area contributed by atoms with E-state index in [-0.39, 0.29) is 35.8 Å². The maximum Gasteiger partial charge on any atom is 0.0448 e. The molecule has 0 aromatic heterocycles. The summed E-state index contributed by atoms with van der Waals surface area (Å²) in [5.41, 5.74) is 12.6. The van der Waals surface area contributed by atoms with Gasteiger partial charge in [0.25, 0.3) is 0 Å². The first kappa shape index (κ1) is 20.9. The van der Waals surface area contributed by atoms with Crippen LogP contribution in [0.2, 0.25) is 0 Å². The predicted octanol–water partition coefficient (Wildman–Crippen LogP) is -0.508. The van der Waals surface area contributed by atoms with E-state index in [2.05, 4.69) is 0 Å². The van der Waals surface area contributed by atoms with Crippen LogP contribution < -0.4 is 21.7 Å². The van der Waals surface area contributed by atoms with E-state index in [1.807, 2.05) is 27.7 Å². The molecule has 1 aliphatic carbocycles. The minimum atomic E-state index is -1.10. The maximum atomic E-state index is 11.7. The summed E-state index contributed by atoms with van der Waals surface area (Å²) in [7, 11) is 0. The van der Waals surface area contributed by atoms with Crippen molar-refractivity contribution >= 4 is 11.9 Å². The van der Waals surface area contributed by atoms with Crippen molar-refractivity contribution in [2.75, 3.05) is 0 Å². The number of carboxylic acids is 2. The van der Waals surface area contributed by atoms with Crippen molar-refractivity contribution in [1.29, 1.82) is 0 Å². The zero-order valence-electron chi connectivity index (χ0n) is 15.2. The van der Waals surface area contributed by atoms with E-state index in [0.29, 0.717) is 25.7 Å². The van der Waals surface area contributed by atoms with Gasteiger partial charge in [0.1, 0.15) is 0 Å². The van der Waals surface area contributed by atoms with E-state index in [4.69, 9.17) is 11.5 Å². The van der Waals surface area contributed by atoms with Gasteiger partial charge in [-0.3, -0.25) is 0 Å². The van der Waals surface area contributed by atoms with Gasteiger partial charge in [-0.05, 0) is 49.4 Å². The van der Waals surface area contributed by atoms with E-state index in [1.165, 1.54) is 0 Å². The van der Waals surface area contributed by atoms with E-state index in [0.717, 1.165) is 0 Å². The van der Waals surface area contributed by atoms with Crippen molar-refractivity contribution in [3.8, 4) is 0 Å². The van der Waals surface area contributed by atoms with Crippen LogP contribution in [-0.2, 0) is 9.59 Å². The number of hydrogen-bond acceptors (Lipinski definition) is 6. The predicted molar refractivity (Wildman–Crippen MR) is 88.1 cm³/mol. The molecule has 0 aromatic rings. The van der Waals surface area contributed by atoms with Gasteiger partial charge in [-0.1, -0.05) is 27.7 Å². The number of hydrogen-bond donors (Lipinski definition) is 2. The van der Waals surface area contributed by atoms with Gasteiger partial charge in [0.05, 0.1) is 0 Å². The molecule has 0 spiro atoms. The lowest BCUT2D eigenvalue weighted by molar-refractivity contribution is -0.315. The van der Waals surface area contributed by atoms with Crippen molar-refractivity contribution in [1.82, 2.24) is 0 Å². The molecule has 1 aliphatic rings. The molecule has 0 aliphatic heterocycles. The molecule has 0 saturated heterocycles. The molecular weight excluding hydrogens is 308 g/mol. The van der Waals surface area contributed by atoms with Crippen molar-refractivity contribution in [2.45, 2.75) is 65.5 Å². The Morgan fingerprint density at radius 2 is 1.62 bits per heavy atom. The average Bonchev–Trinajstić information content (AvgIpc) is 2.52. The molecule has 0 aromatic carbocycles. The molecule has 1 rings (SSSR count). The van der Waals surface area contributed by atoms with E-state index < -0.39 is 23.8 Å². The highest BCUT2D eigenvalue weighted by atomic mass is 16.4. The molecule has 6 nitrogen and oxygen atoms in total. The van der Waals surface area contributed by atoms with Gasteiger partial charge in [0, 0.05) is 35.9 Å². The standard InChI is InChI=1S/C18H34N2O4/c1-5-11(17(21)22)13-8-16(20)10(4)9(3)12(18(23)24)7-14(13)15(19)6-2/h9-16H,5-8,19-20H2,1-4H3,(H,21,22)(H,23,24)/p-2. The van der Waals surface area contributed by atoms with Gasteiger partial charge < -0.3 is 31.3 Å². The molecule has 8 unspecified atom stereocenters. The van der Waals surface area contributed by atoms with Crippen molar-refractivity contribution in [3.05, 3.63) is 0 Å². The molecule has 8 atom stereocenters. The topological polar surface area (TPSA) is 132 Å². The van der Waals surface area contributed by atoms with Crippen LogP contribution in [0.1, 0.15) is 53.4 Å². The van der Waals surface area contributed by atoms with Crippen LogP contribution >= 0.6 is 0 Å². The molecule has 0 amide bonds. The smallest absolute Gasteiger partial charge is 0.0448 e. The Labute approximate surface area is 145 Å². The summed E-state index contributed by atoms with van der Waals surface area (Å²) in [6.45, 7) is 7.56. The van der Waals surface area contributed by atoms with E-state index in [9.17, 15) is 19.8 Å². The fourth-order valence-corrected chi connectivity index (χ4v) is 4.36. The second-order valence-electron chi connectivity index (χ2n) is 7.51. The minimum Gasteiger partial charge on any atom is -0.550 e. The van der Waals surface area contributed by atoms with Crippen LogP contribution in [0.3, 0.4) is 0 Å². The summed E-state index contributed by atoms with van der Waals surface area (Å²) >= 11 is 0. The van der Waals surface area contributed by atoms with Crippen LogP contribution in [0.15, 0.2) is 0 Å². The minimum absolute atomic E-state index is 0.0338. The highest BCUT2D eigenvalue weighted by molar-refractivity contribution is 5.69. The van der Waals surface area contributed by atoms with Crippen LogP contribution in [0, 0.1) is 35.5 Å². The molecule has 140 valence electrons. The summed E-state index contributed by atoms with van der Waals surface area (Å²) in [4.78, 5) is 23.3. The van der Waals surface area contributed by atoms with Crippen molar-refractivity contribution < 1.29 is 19.8 Å². The summed E-state index contributed by atoms with van der Waals surface area (Å²) in [5.74, 6) is -4.21. The molecule has 1 saturated carbocycles. The Morgan fingerprint density at radius 3 is 2.04 bits per heavy atom. The zero-order chi connectivity index (χ0) is 18.6. The Morgan fingerprint density at radius 1 is 1.04 bits per heavy atom. The van der Waals surface area contributed by atoms with Gasteiger partial charge in [-0.2, -0.15) is 0 Å². The summed E-state index contributed by atoms with van der Waals surface area (Å²) < 4.78 is 0. The number of carbonyl (C=O) groups excluding carboxylic acids is 2. The zero-order valence-corrected chi connectivity index (χ0v) is 15.2. The number of carboxylic acid groups (broad SMARTS) is 2. The summed E-state index contributed by atoms with van der Waals surface area (Å²) in [5, 5.41) is 23.3. The van der Waals surface area contributed by atoms with Crippen LogP contribution in [0.5, 0.6) is 0 Å². The van der Waals surface area contributed by atoms with Gasteiger partial charge in [0.15, 0.2) is 0 Å². The highest BCUT2D eigenvalue weighted by Crippen LogP contribution is 2.41. The first-order valence-corrected chi connectivity index (χ1v) is 9.08. The van der Waals surface area contributed by atoms with Crippen molar-refractivity contribution in [2.24, 2.45) is 47.0 Å². The third kappa shape index (κ3) is 4.48. The van der Waals surface area contributed by atoms with Crippen LogP contribution in [0.4, 0.5) is 0 Å². The molecule has 6 heteroatoms. The highest BCUT2D eigenvalue weighted by Gasteiger charge is 2.41. The van der Waals surface area contributed by atoms with Gasteiger partial charge >= 0.3 is 0 Å².